The first kappa shape index (κ1) is 17.9. The lowest BCUT2D eigenvalue weighted by Gasteiger charge is -2.15. The number of nitrogens with one attached hydrogen (secondary N) is 2. The fourth-order valence-corrected chi connectivity index (χ4v) is 3.36. The molecule has 1 rings (SSSR count). The van der Waals surface area contributed by atoms with Crippen LogP contribution in [0.25, 0.3) is 0 Å². The summed E-state index contributed by atoms with van der Waals surface area (Å²) in [6.45, 7) is 3.90. The minimum absolute atomic E-state index is 0. The molecule has 0 bridgehead atoms. The van der Waals surface area contributed by atoms with E-state index in [0.717, 1.165) is 0 Å². The molecule has 8 heteroatoms. The number of ether oxygens (including phenoxy) is 1. The zero-order valence-corrected chi connectivity index (χ0v) is 14.0. The summed E-state index contributed by atoms with van der Waals surface area (Å²) in [6.07, 6.45) is 0.647. The van der Waals surface area contributed by atoms with E-state index in [1.165, 1.54) is 0 Å². The summed E-state index contributed by atoms with van der Waals surface area (Å²) in [5.41, 5.74) is 0. The van der Waals surface area contributed by atoms with Gasteiger partial charge in [-0.3, -0.25) is 4.99 Å². The van der Waals surface area contributed by atoms with Crippen LogP contribution in [0.4, 0.5) is 0 Å². The third-order valence-corrected chi connectivity index (χ3v) is 4.31. The number of aliphatic imine (C=N–C) groups is 1. The molecule has 108 valence electrons. The summed E-state index contributed by atoms with van der Waals surface area (Å²) in [5.74, 6) is 1.09. The second kappa shape index (κ2) is 8.92. The summed E-state index contributed by atoms with van der Waals surface area (Å²) in [5, 5.41) is 6.18. The summed E-state index contributed by atoms with van der Waals surface area (Å²) in [7, 11) is -1.18. The van der Waals surface area contributed by atoms with E-state index in [2.05, 4.69) is 15.6 Å². The van der Waals surface area contributed by atoms with Crippen LogP contribution in [0.5, 0.6) is 0 Å². The molecule has 1 aliphatic rings. The third-order valence-electron chi connectivity index (χ3n) is 2.54. The Labute approximate surface area is 126 Å². The average molecular weight is 391 g/mol. The Bertz CT molecular complexity index is 359. The Morgan fingerprint density at radius 2 is 2.22 bits per heavy atom. The zero-order valence-electron chi connectivity index (χ0n) is 10.8. The highest BCUT2D eigenvalue weighted by Gasteiger charge is 2.28. The maximum Gasteiger partial charge on any atom is 0.191 e. The van der Waals surface area contributed by atoms with Crippen molar-refractivity contribution in [1.29, 1.82) is 0 Å². The predicted molar refractivity (Wildman–Crippen MR) is 83.5 cm³/mol. The molecule has 1 unspecified atom stereocenters. The van der Waals surface area contributed by atoms with Crippen molar-refractivity contribution >= 4 is 39.8 Å². The molecule has 0 radical (unpaired) electrons. The van der Waals surface area contributed by atoms with Gasteiger partial charge in [0.25, 0.3) is 0 Å². The summed E-state index contributed by atoms with van der Waals surface area (Å²) in [4.78, 5) is 4.04. The second-order valence-electron chi connectivity index (χ2n) is 3.94. The Balaban J connectivity index is 0.00000289. The van der Waals surface area contributed by atoms with Crippen LogP contribution in [0.2, 0.25) is 0 Å². The van der Waals surface area contributed by atoms with Gasteiger partial charge < -0.3 is 15.4 Å². The standard InChI is InChI=1S/C10H21N3O3S.HI/c1-3-16-6-5-12-10(11-2)13-9-4-7-17(14,15)8-9;/h9H,3-8H2,1-2H3,(H2,11,12,13);1H. The molecule has 1 atom stereocenters. The lowest BCUT2D eigenvalue weighted by atomic mass is 10.3. The van der Waals surface area contributed by atoms with E-state index in [1.807, 2.05) is 6.92 Å². The van der Waals surface area contributed by atoms with Crippen molar-refractivity contribution in [3.8, 4) is 0 Å². The van der Waals surface area contributed by atoms with Crippen molar-refractivity contribution in [2.45, 2.75) is 19.4 Å². The highest BCUT2D eigenvalue weighted by atomic mass is 127. The van der Waals surface area contributed by atoms with Gasteiger partial charge in [0.1, 0.15) is 0 Å². The predicted octanol–water partition coefficient (Wildman–Crippen LogP) is -0.00700. The van der Waals surface area contributed by atoms with Crippen LogP contribution in [0.1, 0.15) is 13.3 Å². The van der Waals surface area contributed by atoms with Crippen molar-refractivity contribution in [2.75, 3.05) is 38.3 Å². The van der Waals surface area contributed by atoms with E-state index in [4.69, 9.17) is 4.74 Å². The molecule has 0 aromatic rings. The van der Waals surface area contributed by atoms with Crippen molar-refractivity contribution in [1.82, 2.24) is 10.6 Å². The monoisotopic (exact) mass is 391 g/mol. The molecule has 1 fully saturated rings. The number of guanidine groups is 1. The number of nitrogens with zero attached hydrogens (tertiary/aromatic N) is 1. The summed E-state index contributed by atoms with van der Waals surface area (Å²) in [6, 6.07) is -0.0294. The highest BCUT2D eigenvalue weighted by molar-refractivity contribution is 14.0. The van der Waals surface area contributed by atoms with E-state index in [0.29, 0.717) is 32.1 Å². The lowest BCUT2D eigenvalue weighted by Crippen LogP contribution is -2.44. The van der Waals surface area contributed by atoms with E-state index in [9.17, 15) is 8.42 Å². The van der Waals surface area contributed by atoms with E-state index in [-0.39, 0.29) is 41.5 Å². The first-order valence-corrected chi connectivity index (χ1v) is 7.65. The first-order valence-electron chi connectivity index (χ1n) is 5.82. The van der Waals surface area contributed by atoms with Crippen molar-refractivity contribution in [3.63, 3.8) is 0 Å². The van der Waals surface area contributed by atoms with Gasteiger partial charge in [-0.2, -0.15) is 0 Å². The number of hydrogen-bond donors (Lipinski definition) is 2. The SMILES string of the molecule is CCOCCNC(=NC)NC1CCS(=O)(=O)C1.I. The van der Waals surface area contributed by atoms with Gasteiger partial charge >= 0.3 is 0 Å². The molecular formula is C10H22IN3O3S. The Kier molecular flexibility index (Phi) is 8.87. The van der Waals surface area contributed by atoms with Crippen molar-refractivity contribution in [2.24, 2.45) is 4.99 Å². The maximum absolute atomic E-state index is 11.3. The van der Waals surface area contributed by atoms with Crippen LogP contribution in [0.15, 0.2) is 4.99 Å². The number of rotatable bonds is 5. The van der Waals surface area contributed by atoms with E-state index < -0.39 is 9.84 Å². The average Bonchev–Trinajstić information content (AvgIpc) is 2.62. The third kappa shape index (κ3) is 6.74. The van der Waals surface area contributed by atoms with Crippen LogP contribution in [-0.4, -0.2) is 58.7 Å². The molecule has 0 spiro atoms. The van der Waals surface area contributed by atoms with Gasteiger partial charge in [-0.25, -0.2) is 8.42 Å². The van der Waals surface area contributed by atoms with Crippen LogP contribution in [-0.2, 0) is 14.6 Å². The Morgan fingerprint density at radius 1 is 1.50 bits per heavy atom. The summed E-state index contributed by atoms with van der Waals surface area (Å²) < 4.78 is 27.8. The van der Waals surface area contributed by atoms with E-state index in [1.54, 1.807) is 7.05 Å². The van der Waals surface area contributed by atoms with Crippen LogP contribution < -0.4 is 10.6 Å². The van der Waals surface area contributed by atoms with Gasteiger partial charge in [-0.15, -0.1) is 24.0 Å². The molecule has 18 heavy (non-hydrogen) atoms. The number of sulfone groups is 1. The molecule has 0 aromatic carbocycles. The van der Waals surface area contributed by atoms with Crippen molar-refractivity contribution in [3.05, 3.63) is 0 Å². The Morgan fingerprint density at radius 3 is 2.72 bits per heavy atom. The molecular weight excluding hydrogens is 369 g/mol. The molecule has 2 N–H and O–H groups in total. The largest absolute Gasteiger partial charge is 0.380 e. The minimum atomic E-state index is -2.85. The first-order chi connectivity index (χ1) is 8.07. The molecule has 0 amide bonds. The number of halogens is 1. The Hall–Kier alpha value is -0.0900. The normalized spacial score (nSPS) is 22.3. The van der Waals surface area contributed by atoms with E-state index >= 15 is 0 Å². The van der Waals surface area contributed by atoms with Gasteiger partial charge in [-0.05, 0) is 13.3 Å². The molecule has 0 aliphatic carbocycles. The lowest BCUT2D eigenvalue weighted by molar-refractivity contribution is 0.152. The molecule has 1 heterocycles. The van der Waals surface area contributed by atoms with Crippen LogP contribution >= 0.6 is 24.0 Å². The van der Waals surface area contributed by atoms with Crippen molar-refractivity contribution < 1.29 is 13.2 Å². The zero-order chi connectivity index (χ0) is 12.7. The fourth-order valence-electron chi connectivity index (χ4n) is 1.68. The van der Waals surface area contributed by atoms with Gasteiger partial charge in [0.2, 0.25) is 0 Å². The molecule has 1 aliphatic heterocycles. The van der Waals surface area contributed by atoms with Crippen LogP contribution in [0, 0.1) is 0 Å². The van der Waals surface area contributed by atoms with Crippen LogP contribution in [0.3, 0.4) is 0 Å². The van der Waals surface area contributed by atoms with Gasteiger partial charge in [-0.1, -0.05) is 0 Å². The molecule has 6 nitrogen and oxygen atoms in total. The van der Waals surface area contributed by atoms with Gasteiger partial charge in [0.15, 0.2) is 15.8 Å². The molecule has 0 aromatic heterocycles. The quantitative estimate of drug-likeness (QED) is 0.298. The minimum Gasteiger partial charge on any atom is -0.380 e. The van der Waals surface area contributed by atoms with Gasteiger partial charge in [0.05, 0.1) is 18.1 Å². The second-order valence-corrected chi connectivity index (χ2v) is 6.17. The smallest absolute Gasteiger partial charge is 0.191 e. The van der Waals surface area contributed by atoms with Gasteiger partial charge in [0, 0.05) is 26.2 Å². The topological polar surface area (TPSA) is 79.8 Å². The molecule has 0 saturated carbocycles. The maximum atomic E-state index is 11.3. The highest BCUT2D eigenvalue weighted by Crippen LogP contribution is 2.10. The molecule has 1 saturated heterocycles. The number of hydrogen-bond acceptors (Lipinski definition) is 4. The summed E-state index contributed by atoms with van der Waals surface area (Å²) >= 11 is 0. The fraction of sp³-hybridized carbons (Fsp3) is 0.900.